The second kappa shape index (κ2) is 7.81. The van der Waals surface area contributed by atoms with E-state index in [4.69, 9.17) is 15.5 Å². The molecular weight excluding hydrogens is 378 g/mol. The van der Waals surface area contributed by atoms with Gasteiger partial charge >= 0.3 is 0 Å². The molecule has 1 fully saturated rings. The van der Waals surface area contributed by atoms with Gasteiger partial charge in [-0.15, -0.1) is 0 Å². The first-order valence-electron chi connectivity index (χ1n) is 10.0. The summed E-state index contributed by atoms with van der Waals surface area (Å²) in [6.45, 7) is 6.28. The second-order valence-corrected chi connectivity index (χ2v) is 7.40. The SMILES string of the molecule is Cc1nc2ccc(-c3ccnc(N)c3)nc2n1-c1ccc(CN2CCOCC2)nc1. The van der Waals surface area contributed by atoms with Crippen LogP contribution in [0.3, 0.4) is 0 Å². The van der Waals surface area contributed by atoms with Crippen molar-refractivity contribution >= 4 is 17.0 Å². The van der Waals surface area contributed by atoms with Crippen LogP contribution >= 0.6 is 0 Å². The third-order valence-corrected chi connectivity index (χ3v) is 5.31. The largest absolute Gasteiger partial charge is 0.384 e. The maximum absolute atomic E-state index is 5.84. The van der Waals surface area contributed by atoms with E-state index in [1.807, 2.05) is 42.0 Å². The van der Waals surface area contributed by atoms with Crippen molar-refractivity contribution in [3.05, 3.63) is 60.3 Å². The minimum atomic E-state index is 0.471. The summed E-state index contributed by atoms with van der Waals surface area (Å²) in [4.78, 5) is 20.6. The van der Waals surface area contributed by atoms with Crippen molar-refractivity contribution in [3.8, 4) is 16.9 Å². The zero-order valence-corrected chi connectivity index (χ0v) is 16.8. The van der Waals surface area contributed by atoms with Gasteiger partial charge in [0.15, 0.2) is 5.65 Å². The number of ether oxygens (including phenoxy) is 1. The van der Waals surface area contributed by atoms with Gasteiger partial charge in [-0.05, 0) is 43.3 Å². The lowest BCUT2D eigenvalue weighted by atomic mass is 10.1. The van der Waals surface area contributed by atoms with Gasteiger partial charge in [0.05, 0.1) is 36.5 Å². The number of hydrogen-bond acceptors (Lipinski definition) is 7. The van der Waals surface area contributed by atoms with Crippen molar-refractivity contribution in [1.29, 1.82) is 0 Å². The minimum absolute atomic E-state index is 0.471. The number of rotatable bonds is 4. The first kappa shape index (κ1) is 18.7. The molecule has 0 bridgehead atoms. The Labute approximate surface area is 174 Å². The summed E-state index contributed by atoms with van der Waals surface area (Å²) in [6.07, 6.45) is 3.58. The number of hydrogen-bond donors (Lipinski definition) is 1. The lowest BCUT2D eigenvalue weighted by Crippen LogP contribution is -2.35. The Bertz CT molecular complexity index is 1180. The predicted octanol–water partition coefficient (Wildman–Crippen LogP) is 2.60. The van der Waals surface area contributed by atoms with Crippen LogP contribution in [0.1, 0.15) is 11.5 Å². The summed E-state index contributed by atoms with van der Waals surface area (Å²) in [5.41, 5.74) is 11.2. The van der Waals surface area contributed by atoms with E-state index in [0.717, 1.165) is 72.5 Å². The number of pyridine rings is 3. The summed E-state index contributed by atoms with van der Waals surface area (Å²) in [5.74, 6) is 1.34. The summed E-state index contributed by atoms with van der Waals surface area (Å²) >= 11 is 0. The standard InChI is InChI=1S/C22H23N7O/c1-15-26-20-5-4-19(16-6-7-24-21(23)12-16)27-22(20)29(15)18-3-2-17(25-13-18)14-28-8-10-30-11-9-28/h2-7,12-13H,8-11,14H2,1H3,(H2,23,24). The summed E-state index contributed by atoms with van der Waals surface area (Å²) in [6, 6.07) is 11.8. The molecule has 0 atom stereocenters. The van der Waals surface area contributed by atoms with Crippen molar-refractivity contribution < 1.29 is 4.74 Å². The molecule has 0 amide bonds. The summed E-state index contributed by atoms with van der Waals surface area (Å²) < 4.78 is 7.45. The summed E-state index contributed by atoms with van der Waals surface area (Å²) in [7, 11) is 0. The van der Waals surface area contributed by atoms with E-state index >= 15 is 0 Å². The molecule has 1 aliphatic rings. The van der Waals surface area contributed by atoms with Gasteiger partial charge < -0.3 is 10.5 Å². The van der Waals surface area contributed by atoms with Crippen LogP contribution in [0.15, 0.2) is 48.8 Å². The number of nitrogens with zero attached hydrogens (tertiary/aromatic N) is 6. The summed E-state index contributed by atoms with van der Waals surface area (Å²) in [5, 5.41) is 0. The minimum Gasteiger partial charge on any atom is -0.384 e. The number of nitrogen functional groups attached to an aromatic ring is 1. The average molecular weight is 401 g/mol. The van der Waals surface area contributed by atoms with E-state index < -0.39 is 0 Å². The van der Waals surface area contributed by atoms with Gasteiger partial charge in [-0.1, -0.05) is 0 Å². The first-order valence-corrected chi connectivity index (χ1v) is 10.0. The van der Waals surface area contributed by atoms with Gasteiger partial charge in [-0.3, -0.25) is 14.5 Å². The molecular formula is C22H23N7O. The van der Waals surface area contributed by atoms with Crippen molar-refractivity contribution in [2.24, 2.45) is 0 Å². The van der Waals surface area contributed by atoms with Gasteiger partial charge in [-0.2, -0.15) is 0 Å². The highest BCUT2D eigenvalue weighted by molar-refractivity contribution is 5.78. The van der Waals surface area contributed by atoms with Crippen LogP contribution in [0.25, 0.3) is 28.1 Å². The van der Waals surface area contributed by atoms with E-state index in [9.17, 15) is 0 Å². The monoisotopic (exact) mass is 401 g/mol. The molecule has 8 heteroatoms. The third kappa shape index (κ3) is 3.62. The molecule has 4 aromatic rings. The zero-order chi connectivity index (χ0) is 20.5. The van der Waals surface area contributed by atoms with Crippen molar-refractivity contribution in [1.82, 2.24) is 29.4 Å². The van der Waals surface area contributed by atoms with Gasteiger partial charge in [0.2, 0.25) is 0 Å². The molecule has 0 unspecified atom stereocenters. The van der Waals surface area contributed by atoms with E-state index in [0.29, 0.717) is 5.82 Å². The lowest BCUT2D eigenvalue weighted by Gasteiger charge is -2.26. The highest BCUT2D eigenvalue weighted by atomic mass is 16.5. The molecule has 0 aromatic carbocycles. The Morgan fingerprint density at radius 2 is 1.90 bits per heavy atom. The molecule has 2 N–H and O–H groups in total. The molecule has 0 aliphatic carbocycles. The number of fused-ring (bicyclic) bond motifs is 1. The number of anilines is 1. The van der Waals surface area contributed by atoms with E-state index in [-0.39, 0.29) is 0 Å². The molecule has 1 aliphatic heterocycles. The zero-order valence-electron chi connectivity index (χ0n) is 16.8. The fourth-order valence-corrected chi connectivity index (χ4v) is 3.78. The Kier molecular flexibility index (Phi) is 4.86. The lowest BCUT2D eigenvalue weighted by molar-refractivity contribution is 0.0336. The number of imidazole rings is 1. The van der Waals surface area contributed by atoms with Crippen molar-refractivity contribution in [3.63, 3.8) is 0 Å². The highest BCUT2D eigenvalue weighted by Gasteiger charge is 2.14. The smallest absolute Gasteiger partial charge is 0.165 e. The van der Waals surface area contributed by atoms with Crippen LogP contribution in [0, 0.1) is 6.92 Å². The number of aryl methyl sites for hydroxylation is 1. The van der Waals surface area contributed by atoms with Crippen LogP contribution in [0.4, 0.5) is 5.82 Å². The van der Waals surface area contributed by atoms with Crippen molar-refractivity contribution in [2.75, 3.05) is 32.0 Å². The molecule has 0 saturated carbocycles. The number of morpholine rings is 1. The van der Waals surface area contributed by atoms with E-state index in [1.165, 1.54) is 0 Å². The predicted molar refractivity (Wildman–Crippen MR) is 115 cm³/mol. The van der Waals surface area contributed by atoms with E-state index in [1.54, 1.807) is 6.20 Å². The fraction of sp³-hybridized carbons (Fsp3) is 0.273. The second-order valence-electron chi connectivity index (χ2n) is 7.40. The molecule has 5 rings (SSSR count). The fourth-order valence-electron chi connectivity index (χ4n) is 3.78. The normalized spacial score (nSPS) is 15.0. The third-order valence-electron chi connectivity index (χ3n) is 5.31. The Morgan fingerprint density at radius 3 is 2.67 bits per heavy atom. The van der Waals surface area contributed by atoms with Crippen LogP contribution in [0.2, 0.25) is 0 Å². The Balaban J connectivity index is 1.48. The quantitative estimate of drug-likeness (QED) is 0.562. The molecule has 0 radical (unpaired) electrons. The first-order chi connectivity index (χ1) is 14.7. The van der Waals surface area contributed by atoms with Crippen molar-refractivity contribution in [2.45, 2.75) is 13.5 Å². The Morgan fingerprint density at radius 1 is 1.03 bits per heavy atom. The van der Waals surface area contributed by atoms with Crippen LogP contribution in [-0.4, -0.2) is 55.7 Å². The van der Waals surface area contributed by atoms with Crippen LogP contribution in [0.5, 0.6) is 0 Å². The molecule has 0 spiro atoms. The molecule has 30 heavy (non-hydrogen) atoms. The maximum Gasteiger partial charge on any atom is 0.165 e. The van der Waals surface area contributed by atoms with Crippen LogP contribution in [-0.2, 0) is 11.3 Å². The van der Waals surface area contributed by atoms with Gasteiger partial charge in [0, 0.05) is 31.4 Å². The topological polar surface area (TPSA) is 95.0 Å². The molecule has 8 nitrogen and oxygen atoms in total. The Hall–Kier alpha value is -3.36. The number of nitrogens with two attached hydrogens (primary N) is 1. The molecule has 152 valence electrons. The van der Waals surface area contributed by atoms with E-state index in [2.05, 4.69) is 32.0 Å². The van der Waals surface area contributed by atoms with Gasteiger partial charge in [0.1, 0.15) is 17.2 Å². The average Bonchev–Trinajstić information content (AvgIpc) is 3.10. The molecule has 4 aromatic heterocycles. The molecule has 5 heterocycles. The number of aromatic nitrogens is 5. The van der Waals surface area contributed by atoms with Gasteiger partial charge in [-0.25, -0.2) is 15.0 Å². The maximum atomic E-state index is 5.84. The highest BCUT2D eigenvalue weighted by Crippen LogP contribution is 2.24. The van der Waals surface area contributed by atoms with Crippen LogP contribution < -0.4 is 5.73 Å². The molecule has 1 saturated heterocycles. The van der Waals surface area contributed by atoms with Gasteiger partial charge in [0.25, 0.3) is 0 Å².